The van der Waals surface area contributed by atoms with Gasteiger partial charge in [-0.1, -0.05) is 12.1 Å². The molecule has 0 saturated heterocycles. The van der Waals surface area contributed by atoms with E-state index in [1.807, 2.05) is 19.1 Å². The molecule has 18 heavy (non-hydrogen) atoms. The van der Waals surface area contributed by atoms with Crippen LogP contribution < -0.4 is 5.56 Å². The fourth-order valence-electron chi connectivity index (χ4n) is 1.70. The average molecular weight is 303 g/mol. The summed E-state index contributed by atoms with van der Waals surface area (Å²) in [5.74, 6) is 0. The lowest BCUT2D eigenvalue weighted by atomic mass is 10.1. The highest BCUT2D eigenvalue weighted by atomic mass is 79.9. The van der Waals surface area contributed by atoms with E-state index >= 15 is 0 Å². The summed E-state index contributed by atoms with van der Waals surface area (Å²) in [5.41, 5.74) is 2.42. The van der Waals surface area contributed by atoms with Crippen LogP contribution in [0.5, 0.6) is 0 Å². The van der Waals surface area contributed by atoms with E-state index in [1.165, 1.54) is 0 Å². The second-order valence-electron chi connectivity index (χ2n) is 4.08. The standard InChI is InChI=1S/C14H11BrN2O/c1-10-5-14(18)17(9-13(10)15)8-12-4-2-3-11(6-12)7-16/h2-6,9H,8H2,1H3. The average Bonchev–Trinajstić information content (AvgIpc) is 2.36. The van der Waals surface area contributed by atoms with Gasteiger partial charge in [-0.2, -0.15) is 5.26 Å². The number of halogens is 1. The van der Waals surface area contributed by atoms with Crippen LogP contribution in [0.3, 0.4) is 0 Å². The Bertz CT molecular complexity index is 683. The van der Waals surface area contributed by atoms with Gasteiger partial charge in [0.2, 0.25) is 0 Å². The molecule has 0 bridgehead atoms. The first kappa shape index (κ1) is 12.6. The van der Waals surface area contributed by atoms with Crippen LogP contribution in [-0.2, 0) is 6.54 Å². The lowest BCUT2D eigenvalue weighted by Gasteiger charge is -2.08. The largest absolute Gasteiger partial charge is 0.310 e. The van der Waals surface area contributed by atoms with E-state index in [2.05, 4.69) is 22.0 Å². The molecule has 0 fully saturated rings. The minimum absolute atomic E-state index is 0.0435. The zero-order chi connectivity index (χ0) is 13.1. The molecule has 0 atom stereocenters. The number of nitriles is 1. The highest BCUT2D eigenvalue weighted by molar-refractivity contribution is 9.10. The highest BCUT2D eigenvalue weighted by Crippen LogP contribution is 2.13. The van der Waals surface area contributed by atoms with Crippen LogP contribution in [0.25, 0.3) is 0 Å². The van der Waals surface area contributed by atoms with Crippen LogP contribution in [0.2, 0.25) is 0 Å². The van der Waals surface area contributed by atoms with Gasteiger partial charge in [-0.3, -0.25) is 4.79 Å². The molecule has 1 aromatic heterocycles. The van der Waals surface area contributed by atoms with Gasteiger partial charge in [-0.05, 0) is 46.1 Å². The van der Waals surface area contributed by atoms with Gasteiger partial charge in [0.25, 0.3) is 5.56 Å². The molecule has 0 spiro atoms. The molecular weight excluding hydrogens is 292 g/mol. The highest BCUT2D eigenvalue weighted by Gasteiger charge is 2.02. The lowest BCUT2D eigenvalue weighted by molar-refractivity contribution is 0.753. The molecule has 0 N–H and O–H groups in total. The SMILES string of the molecule is Cc1cc(=O)n(Cc2cccc(C#N)c2)cc1Br. The topological polar surface area (TPSA) is 45.8 Å². The Labute approximate surface area is 113 Å². The number of benzene rings is 1. The van der Waals surface area contributed by atoms with Crippen LogP contribution in [-0.4, -0.2) is 4.57 Å². The third-order valence-electron chi connectivity index (χ3n) is 2.68. The second-order valence-corrected chi connectivity index (χ2v) is 4.94. The van der Waals surface area contributed by atoms with E-state index in [0.29, 0.717) is 12.1 Å². The molecule has 0 unspecified atom stereocenters. The van der Waals surface area contributed by atoms with E-state index in [0.717, 1.165) is 15.6 Å². The zero-order valence-electron chi connectivity index (χ0n) is 9.85. The van der Waals surface area contributed by atoms with E-state index in [1.54, 1.807) is 29.0 Å². The smallest absolute Gasteiger partial charge is 0.251 e. The van der Waals surface area contributed by atoms with Crippen molar-refractivity contribution in [3.63, 3.8) is 0 Å². The molecule has 0 aliphatic rings. The first-order valence-corrected chi connectivity index (χ1v) is 6.25. The Balaban J connectivity index is 2.37. The number of hydrogen-bond acceptors (Lipinski definition) is 2. The van der Waals surface area contributed by atoms with Crippen molar-refractivity contribution in [1.82, 2.24) is 4.57 Å². The molecule has 0 aliphatic heterocycles. The molecule has 2 rings (SSSR count). The summed E-state index contributed by atoms with van der Waals surface area (Å²) in [4.78, 5) is 11.8. The Morgan fingerprint density at radius 2 is 2.17 bits per heavy atom. The maximum absolute atomic E-state index is 11.8. The van der Waals surface area contributed by atoms with Crippen LogP contribution in [0.1, 0.15) is 16.7 Å². The summed E-state index contributed by atoms with van der Waals surface area (Å²) < 4.78 is 2.52. The van der Waals surface area contributed by atoms with Gasteiger partial charge in [0.05, 0.1) is 18.2 Å². The molecule has 0 aliphatic carbocycles. The van der Waals surface area contributed by atoms with Crippen LogP contribution in [0, 0.1) is 18.3 Å². The Morgan fingerprint density at radius 3 is 2.89 bits per heavy atom. The number of aromatic nitrogens is 1. The molecule has 4 heteroatoms. The van der Waals surface area contributed by atoms with Crippen molar-refractivity contribution >= 4 is 15.9 Å². The summed E-state index contributed by atoms with van der Waals surface area (Å²) in [6.07, 6.45) is 1.77. The molecule has 0 radical (unpaired) electrons. The van der Waals surface area contributed by atoms with E-state index in [-0.39, 0.29) is 5.56 Å². The van der Waals surface area contributed by atoms with Gasteiger partial charge < -0.3 is 4.57 Å². The van der Waals surface area contributed by atoms with Crippen molar-refractivity contribution in [3.8, 4) is 6.07 Å². The normalized spacial score (nSPS) is 10.1. The quantitative estimate of drug-likeness (QED) is 0.856. The molecule has 0 saturated carbocycles. The summed E-state index contributed by atoms with van der Waals surface area (Å²) in [6.45, 7) is 2.35. The molecular formula is C14H11BrN2O. The minimum atomic E-state index is -0.0435. The first-order chi connectivity index (χ1) is 8.60. The van der Waals surface area contributed by atoms with Gasteiger partial charge in [-0.15, -0.1) is 0 Å². The van der Waals surface area contributed by atoms with E-state index < -0.39 is 0 Å². The van der Waals surface area contributed by atoms with Gasteiger partial charge in [-0.25, -0.2) is 0 Å². The predicted octanol–water partition coefficient (Wildman–Crippen LogP) is 2.84. The lowest BCUT2D eigenvalue weighted by Crippen LogP contribution is -2.19. The fraction of sp³-hybridized carbons (Fsp3) is 0.143. The van der Waals surface area contributed by atoms with Crippen molar-refractivity contribution in [3.05, 3.63) is 68.0 Å². The predicted molar refractivity (Wildman–Crippen MR) is 73.4 cm³/mol. The molecule has 3 nitrogen and oxygen atoms in total. The van der Waals surface area contributed by atoms with Crippen molar-refractivity contribution in [2.24, 2.45) is 0 Å². The summed E-state index contributed by atoms with van der Waals surface area (Å²) >= 11 is 3.41. The maximum Gasteiger partial charge on any atom is 0.251 e. The second kappa shape index (κ2) is 5.19. The Morgan fingerprint density at radius 1 is 1.39 bits per heavy atom. The third kappa shape index (κ3) is 2.69. The van der Waals surface area contributed by atoms with Crippen molar-refractivity contribution in [1.29, 1.82) is 5.26 Å². The maximum atomic E-state index is 11.8. The first-order valence-electron chi connectivity index (χ1n) is 5.46. The Hall–Kier alpha value is -1.86. The number of aryl methyl sites for hydroxylation is 1. The molecule has 1 aromatic carbocycles. The minimum Gasteiger partial charge on any atom is -0.310 e. The van der Waals surface area contributed by atoms with Crippen molar-refractivity contribution < 1.29 is 0 Å². The summed E-state index contributed by atoms with van der Waals surface area (Å²) in [5, 5.41) is 8.84. The van der Waals surface area contributed by atoms with Gasteiger partial charge in [0, 0.05) is 16.7 Å². The van der Waals surface area contributed by atoms with Crippen molar-refractivity contribution in [2.45, 2.75) is 13.5 Å². The van der Waals surface area contributed by atoms with Crippen molar-refractivity contribution in [2.75, 3.05) is 0 Å². The van der Waals surface area contributed by atoms with Gasteiger partial charge >= 0.3 is 0 Å². The fourth-order valence-corrected chi connectivity index (χ4v) is 2.06. The van der Waals surface area contributed by atoms with E-state index in [9.17, 15) is 4.79 Å². The van der Waals surface area contributed by atoms with Crippen LogP contribution in [0.4, 0.5) is 0 Å². The van der Waals surface area contributed by atoms with E-state index in [4.69, 9.17) is 5.26 Å². The van der Waals surface area contributed by atoms with Crippen LogP contribution in [0.15, 0.2) is 45.8 Å². The van der Waals surface area contributed by atoms with Gasteiger partial charge in [0.1, 0.15) is 0 Å². The monoisotopic (exact) mass is 302 g/mol. The molecule has 0 amide bonds. The molecule has 90 valence electrons. The molecule has 2 aromatic rings. The third-order valence-corrected chi connectivity index (χ3v) is 3.51. The zero-order valence-corrected chi connectivity index (χ0v) is 11.4. The Kier molecular flexibility index (Phi) is 3.63. The number of pyridine rings is 1. The van der Waals surface area contributed by atoms with Crippen LogP contribution >= 0.6 is 15.9 Å². The van der Waals surface area contributed by atoms with Gasteiger partial charge in [0.15, 0.2) is 0 Å². The number of rotatable bonds is 2. The summed E-state index contributed by atoms with van der Waals surface area (Å²) in [6, 6.07) is 11.0. The number of hydrogen-bond donors (Lipinski definition) is 0. The summed E-state index contributed by atoms with van der Waals surface area (Å²) in [7, 11) is 0. The molecule has 1 heterocycles. The number of nitrogens with zero attached hydrogens (tertiary/aromatic N) is 2.